The van der Waals surface area contributed by atoms with Crippen LogP contribution in [0.1, 0.15) is 37.7 Å². The first-order valence-electron chi connectivity index (χ1n) is 7.61. The van der Waals surface area contributed by atoms with E-state index >= 15 is 0 Å². The monoisotopic (exact) mass is 276 g/mol. The molecule has 1 aromatic carbocycles. The Labute approximate surface area is 120 Å². The molecule has 0 spiro atoms. The molecule has 4 nitrogen and oxygen atoms in total. The third-order valence-electron chi connectivity index (χ3n) is 4.55. The SMILES string of the molecule is CC1CCCCN1CC(CN)c1ccc2c(c1)OCO2. The van der Waals surface area contributed by atoms with Gasteiger partial charge in [0.25, 0.3) is 0 Å². The van der Waals surface area contributed by atoms with E-state index in [1.165, 1.54) is 31.4 Å². The molecule has 0 radical (unpaired) electrons. The Morgan fingerprint density at radius 2 is 2.15 bits per heavy atom. The molecule has 2 atom stereocenters. The zero-order valence-corrected chi connectivity index (χ0v) is 12.2. The van der Waals surface area contributed by atoms with Crippen molar-refractivity contribution < 1.29 is 9.47 Å². The van der Waals surface area contributed by atoms with E-state index in [1.54, 1.807) is 0 Å². The summed E-state index contributed by atoms with van der Waals surface area (Å²) in [7, 11) is 0. The van der Waals surface area contributed by atoms with E-state index in [9.17, 15) is 0 Å². The van der Waals surface area contributed by atoms with Crippen molar-refractivity contribution in [2.75, 3.05) is 26.4 Å². The van der Waals surface area contributed by atoms with Gasteiger partial charge in [0.1, 0.15) is 0 Å². The molecular weight excluding hydrogens is 252 g/mol. The minimum absolute atomic E-state index is 0.329. The smallest absolute Gasteiger partial charge is 0.231 e. The van der Waals surface area contributed by atoms with Gasteiger partial charge in [-0.3, -0.25) is 0 Å². The third kappa shape index (κ3) is 2.76. The number of piperidine rings is 1. The number of nitrogens with zero attached hydrogens (tertiary/aromatic N) is 1. The van der Waals surface area contributed by atoms with Crippen molar-refractivity contribution in [2.24, 2.45) is 5.73 Å². The standard InChI is InChI=1S/C16H24N2O2/c1-12-4-2-3-7-18(12)10-14(9-17)13-5-6-15-16(8-13)20-11-19-15/h5-6,8,12,14H,2-4,7,9-11,17H2,1H3. The minimum atomic E-state index is 0.329. The van der Waals surface area contributed by atoms with Crippen LogP contribution in [0, 0.1) is 0 Å². The predicted molar refractivity (Wildman–Crippen MR) is 79.2 cm³/mol. The van der Waals surface area contributed by atoms with Crippen LogP contribution in [-0.2, 0) is 0 Å². The minimum Gasteiger partial charge on any atom is -0.454 e. The van der Waals surface area contributed by atoms with Crippen molar-refractivity contribution in [3.8, 4) is 11.5 Å². The molecule has 2 heterocycles. The number of ether oxygens (including phenoxy) is 2. The van der Waals surface area contributed by atoms with Crippen LogP contribution in [-0.4, -0.2) is 37.4 Å². The molecule has 2 N–H and O–H groups in total. The normalized spacial score (nSPS) is 23.8. The second-order valence-electron chi connectivity index (χ2n) is 5.89. The fourth-order valence-electron chi connectivity index (χ4n) is 3.20. The van der Waals surface area contributed by atoms with Gasteiger partial charge in [0.2, 0.25) is 6.79 Å². The second-order valence-corrected chi connectivity index (χ2v) is 5.89. The summed E-state index contributed by atoms with van der Waals surface area (Å²) in [6.45, 7) is 5.56. The summed E-state index contributed by atoms with van der Waals surface area (Å²) >= 11 is 0. The first-order chi connectivity index (χ1) is 9.78. The fraction of sp³-hybridized carbons (Fsp3) is 0.625. The maximum absolute atomic E-state index is 6.01. The molecule has 110 valence electrons. The zero-order chi connectivity index (χ0) is 13.9. The Morgan fingerprint density at radius 1 is 1.30 bits per heavy atom. The Bertz CT molecular complexity index is 464. The first kappa shape index (κ1) is 13.7. The molecule has 2 aliphatic heterocycles. The maximum Gasteiger partial charge on any atom is 0.231 e. The first-order valence-corrected chi connectivity index (χ1v) is 7.61. The number of benzene rings is 1. The summed E-state index contributed by atoms with van der Waals surface area (Å²) in [4.78, 5) is 2.58. The summed E-state index contributed by atoms with van der Waals surface area (Å²) in [5, 5.41) is 0. The summed E-state index contributed by atoms with van der Waals surface area (Å²) in [5.74, 6) is 2.06. The van der Waals surface area contributed by atoms with Gasteiger partial charge < -0.3 is 20.1 Å². The molecule has 0 aromatic heterocycles. The molecule has 0 saturated carbocycles. The number of likely N-dealkylation sites (tertiary alicyclic amines) is 1. The van der Waals surface area contributed by atoms with Gasteiger partial charge in [0.15, 0.2) is 11.5 Å². The van der Waals surface area contributed by atoms with Crippen LogP contribution in [0.5, 0.6) is 11.5 Å². The lowest BCUT2D eigenvalue weighted by Gasteiger charge is -2.35. The molecule has 3 rings (SSSR count). The van der Waals surface area contributed by atoms with Crippen molar-refractivity contribution in [2.45, 2.75) is 38.1 Å². The third-order valence-corrected chi connectivity index (χ3v) is 4.55. The van der Waals surface area contributed by atoms with E-state index < -0.39 is 0 Å². The predicted octanol–water partition coefficient (Wildman–Crippen LogP) is 2.33. The lowest BCUT2D eigenvalue weighted by molar-refractivity contribution is 0.151. The summed E-state index contributed by atoms with van der Waals surface area (Å²) < 4.78 is 10.8. The number of nitrogens with two attached hydrogens (primary N) is 1. The largest absolute Gasteiger partial charge is 0.454 e. The quantitative estimate of drug-likeness (QED) is 0.917. The number of fused-ring (bicyclic) bond motifs is 1. The van der Waals surface area contributed by atoms with Crippen LogP contribution in [0.4, 0.5) is 0 Å². The van der Waals surface area contributed by atoms with Crippen LogP contribution >= 0.6 is 0 Å². The van der Waals surface area contributed by atoms with E-state index in [4.69, 9.17) is 15.2 Å². The van der Waals surface area contributed by atoms with E-state index in [0.29, 0.717) is 25.3 Å². The highest BCUT2D eigenvalue weighted by molar-refractivity contribution is 5.45. The molecule has 2 unspecified atom stereocenters. The highest BCUT2D eigenvalue weighted by Gasteiger charge is 2.23. The number of hydrogen-bond donors (Lipinski definition) is 1. The second kappa shape index (κ2) is 6.02. The molecule has 0 bridgehead atoms. The van der Waals surface area contributed by atoms with E-state index in [1.807, 2.05) is 6.07 Å². The van der Waals surface area contributed by atoms with Crippen molar-refractivity contribution >= 4 is 0 Å². The topological polar surface area (TPSA) is 47.7 Å². The van der Waals surface area contributed by atoms with Crippen LogP contribution in [0.15, 0.2) is 18.2 Å². The average Bonchev–Trinajstić information content (AvgIpc) is 2.94. The van der Waals surface area contributed by atoms with Crippen molar-refractivity contribution in [3.63, 3.8) is 0 Å². The fourth-order valence-corrected chi connectivity index (χ4v) is 3.20. The summed E-state index contributed by atoms with van der Waals surface area (Å²) in [6.07, 6.45) is 3.97. The van der Waals surface area contributed by atoms with Crippen LogP contribution in [0.2, 0.25) is 0 Å². The van der Waals surface area contributed by atoms with Crippen LogP contribution in [0.25, 0.3) is 0 Å². The van der Waals surface area contributed by atoms with Gasteiger partial charge in [-0.2, -0.15) is 0 Å². The Hall–Kier alpha value is -1.26. The Balaban J connectivity index is 1.72. The lowest BCUT2D eigenvalue weighted by Crippen LogP contribution is -2.41. The molecule has 1 aromatic rings. The van der Waals surface area contributed by atoms with Gasteiger partial charge >= 0.3 is 0 Å². The van der Waals surface area contributed by atoms with Crippen molar-refractivity contribution in [1.82, 2.24) is 4.90 Å². The van der Waals surface area contributed by atoms with Gasteiger partial charge in [-0.05, 0) is 44.0 Å². The van der Waals surface area contributed by atoms with E-state index in [2.05, 4.69) is 24.0 Å². The molecule has 1 fully saturated rings. The van der Waals surface area contributed by atoms with Gasteiger partial charge in [-0.1, -0.05) is 12.5 Å². The van der Waals surface area contributed by atoms with E-state index in [-0.39, 0.29) is 0 Å². The van der Waals surface area contributed by atoms with Crippen LogP contribution < -0.4 is 15.2 Å². The highest BCUT2D eigenvalue weighted by Crippen LogP contribution is 2.35. The average molecular weight is 276 g/mol. The maximum atomic E-state index is 6.01. The number of hydrogen-bond acceptors (Lipinski definition) is 4. The Kier molecular flexibility index (Phi) is 4.13. The lowest BCUT2D eigenvalue weighted by atomic mass is 9.95. The number of rotatable bonds is 4. The summed E-state index contributed by atoms with van der Waals surface area (Å²) in [5.41, 5.74) is 7.27. The molecule has 2 aliphatic rings. The van der Waals surface area contributed by atoms with Crippen molar-refractivity contribution in [1.29, 1.82) is 0 Å². The van der Waals surface area contributed by atoms with Crippen LogP contribution in [0.3, 0.4) is 0 Å². The molecule has 0 aliphatic carbocycles. The molecule has 0 amide bonds. The van der Waals surface area contributed by atoms with E-state index in [0.717, 1.165) is 18.0 Å². The molecular formula is C16H24N2O2. The zero-order valence-electron chi connectivity index (χ0n) is 12.2. The molecule has 20 heavy (non-hydrogen) atoms. The van der Waals surface area contributed by atoms with Gasteiger partial charge in [-0.25, -0.2) is 0 Å². The summed E-state index contributed by atoms with van der Waals surface area (Å²) in [6, 6.07) is 6.89. The Morgan fingerprint density at radius 3 is 2.95 bits per heavy atom. The molecule has 4 heteroatoms. The molecule has 1 saturated heterocycles. The van der Waals surface area contributed by atoms with Gasteiger partial charge in [-0.15, -0.1) is 0 Å². The van der Waals surface area contributed by atoms with Crippen molar-refractivity contribution in [3.05, 3.63) is 23.8 Å². The highest BCUT2D eigenvalue weighted by atomic mass is 16.7. The van der Waals surface area contributed by atoms with Gasteiger partial charge in [0.05, 0.1) is 0 Å². The van der Waals surface area contributed by atoms with Gasteiger partial charge in [0, 0.05) is 25.0 Å².